The minimum Gasteiger partial charge on any atom is -0.478 e. The second-order valence-corrected chi connectivity index (χ2v) is 4.58. The van der Waals surface area contributed by atoms with Crippen molar-refractivity contribution in [2.75, 3.05) is 0 Å². The van der Waals surface area contributed by atoms with Crippen LogP contribution in [-0.4, -0.2) is 49.0 Å². The van der Waals surface area contributed by atoms with Gasteiger partial charge in [-0.05, 0) is 26.0 Å². The van der Waals surface area contributed by atoms with Gasteiger partial charge in [-0.2, -0.15) is 4.80 Å². The molecule has 1 atom stereocenters. The average molecular weight is 257 g/mol. The predicted octanol–water partition coefficient (Wildman–Crippen LogP) is -0.985. The molecule has 9 heteroatoms. The quantitative estimate of drug-likeness (QED) is 0.496. The van der Waals surface area contributed by atoms with Gasteiger partial charge in [0.2, 0.25) is 6.41 Å². The number of tetrazole rings is 1. The fourth-order valence-electron chi connectivity index (χ4n) is 1.36. The second kappa shape index (κ2) is 5.08. The number of carbonyl (C=O) groups is 2. The number of nitrogens with zero attached hydrogens (tertiary/aromatic N) is 4. The molecule has 0 aliphatic rings. The van der Waals surface area contributed by atoms with Crippen molar-refractivity contribution in [1.29, 1.82) is 0 Å². The highest BCUT2D eigenvalue weighted by Crippen LogP contribution is 2.19. The summed E-state index contributed by atoms with van der Waals surface area (Å²) >= 11 is 0. The first kappa shape index (κ1) is 14.0. The molecule has 1 aromatic rings. The molecule has 0 bridgehead atoms. The monoisotopic (exact) mass is 257 g/mol. The van der Waals surface area contributed by atoms with E-state index in [0.29, 0.717) is 0 Å². The molecule has 0 aliphatic carbocycles. The lowest BCUT2D eigenvalue weighted by molar-refractivity contribution is -0.197. The molecule has 0 radical (unpaired) electrons. The fraction of sp³-hybridized carbons (Fsp3) is 0.667. The summed E-state index contributed by atoms with van der Waals surface area (Å²) < 4.78 is 5.43. The van der Waals surface area contributed by atoms with Crippen LogP contribution in [0.15, 0.2) is 6.33 Å². The number of carboxylic acids is 1. The predicted molar refractivity (Wildman–Crippen MR) is 58.2 cm³/mol. The van der Waals surface area contributed by atoms with Gasteiger partial charge >= 0.3 is 5.97 Å². The van der Waals surface area contributed by atoms with Crippen molar-refractivity contribution in [3.05, 3.63) is 6.33 Å². The number of carboxylic acid groups (broad SMARTS) is 1. The van der Waals surface area contributed by atoms with Gasteiger partial charge in [0.05, 0.1) is 5.60 Å². The Morgan fingerprint density at radius 1 is 1.56 bits per heavy atom. The maximum atomic E-state index is 11.4. The van der Waals surface area contributed by atoms with E-state index in [9.17, 15) is 14.7 Å². The summed E-state index contributed by atoms with van der Waals surface area (Å²) in [7, 11) is 0. The number of rotatable bonds is 6. The summed E-state index contributed by atoms with van der Waals surface area (Å²) in [5.41, 5.74) is -2.73. The summed E-state index contributed by atoms with van der Waals surface area (Å²) in [5, 5.41) is 22.1. The van der Waals surface area contributed by atoms with E-state index in [-0.39, 0.29) is 13.0 Å². The summed E-state index contributed by atoms with van der Waals surface area (Å²) in [5.74, 6) is -1.35. The minimum atomic E-state index is -1.94. The first-order chi connectivity index (χ1) is 8.29. The Morgan fingerprint density at radius 3 is 2.61 bits per heavy atom. The first-order valence-corrected chi connectivity index (χ1v) is 5.15. The normalized spacial score (nSPS) is 14.8. The maximum absolute atomic E-state index is 11.4. The van der Waals surface area contributed by atoms with Crippen molar-refractivity contribution in [3.8, 4) is 0 Å². The molecule has 0 saturated heterocycles. The van der Waals surface area contributed by atoms with Crippen molar-refractivity contribution < 1.29 is 19.4 Å². The molecule has 9 nitrogen and oxygen atoms in total. The van der Waals surface area contributed by atoms with E-state index in [0.717, 1.165) is 11.1 Å². The fourth-order valence-corrected chi connectivity index (χ4v) is 1.36. The zero-order chi connectivity index (χ0) is 13.8. The standard InChI is InChI=1S/C9H15N5O4/c1-8(2,3)18-9(7(16)17,10-6-15)4-14-12-5-11-13-14/h5-6H,4H2,1-3H3,(H,10,15)(H,16,17). The van der Waals surface area contributed by atoms with Gasteiger partial charge in [0, 0.05) is 0 Å². The number of hydrogen-bond donors (Lipinski definition) is 2. The van der Waals surface area contributed by atoms with Crippen molar-refractivity contribution in [2.24, 2.45) is 0 Å². The van der Waals surface area contributed by atoms with E-state index < -0.39 is 17.3 Å². The van der Waals surface area contributed by atoms with Crippen LogP contribution in [0.2, 0.25) is 0 Å². The number of amides is 1. The van der Waals surface area contributed by atoms with E-state index in [4.69, 9.17) is 4.74 Å². The van der Waals surface area contributed by atoms with Gasteiger partial charge in [0.1, 0.15) is 6.54 Å². The molecule has 0 aliphatic heterocycles. The van der Waals surface area contributed by atoms with Gasteiger partial charge in [-0.25, -0.2) is 4.79 Å². The van der Waals surface area contributed by atoms with E-state index in [1.54, 1.807) is 20.8 Å². The Labute approximate surface area is 103 Å². The zero-order valence-electron chi connectivity index (χ0n) is 10.3. The molecule has 2 N–H and O–H groups in total. The number of ether oxygens (including phenoxy) is 1. The third-order valence-electron chi connectivity index (χ3n) is 1.87. The Kier molecular flexibility index (Phi) is 3.96. The average Bonchev–Trinajstić information content (AvgIpc) is 2.67. The lowest BCUT2D eigenvalue weighted by atomic mass is 10.1. The van der Waals surface area contributed by atoms with Crippen LogP contribution in [0, 0.1) is 0 Å². The number of aromatic nitrogens is 4. The van der Waals surface area contributed by atoms with Crippen molar-refractivity contribution in [1.82, 2.24) is 25.5 Å². The third kappa shape index (κ3) is 3.48. The molecular formula is C9H15N5O4. The topological polar surface area (TPSA) is 119 Å². The zero-order valence-corrected chi connectivity index (χ0v) is 10.3. The molecule has 18 heavy (non-hydrogen) atoms. The van der Waals surface area contributed by atoms with Gasteiger partial charge in [0.25, 0.3) is 5.72 Å². The number of nitrogens with one attached hydrogen (secondary N) is 1. The SMILES string of the molecule is CC(C)(C)OC(Cn1ncnn1)(NC=O)C(=O)O. The Morgan fingerprint density at radius 2 is 2.22 bits per heavy atom. The molecule has 0 fully saturated rings. The second-order valence-electron chi connectivity index (χ2n) is 4.58. The van der Waals surface area contributed by atoms with E-state index in [1.807, 2.05) is 0 Å². The van der Waals surface area contributed by atoms with Crippen LogP contribution in [-0.2, 0) is 20.9 Å². The van der Waals surface area contributed by atoms with Crippen molar-refractivity contribution in [3.63, 3.8) is 0 Å². The van der Waals surface area contributed by atoms with Gasteiger partial charge < -0.3 is 15.2 Å². The highest BCUT2D eigenvalue weighted by molar-refractivity contribution is 5.79. The smallest absolute Gasteiger partial charge is 0.359 e. The molecular weight excluding hydrogens is 242 g/mol. The third-order valence-corrected chi connectivity index (χ3v) is 1.87. The van der Waals surface area contributed by atoms with Gasteiger partial charge in [-0.1, -0.05) is 0 Å². The molecule has 100 valence electrons. The van der Waals surface area contributed by atoms with Crippen LogP contribution in [0.25, 0.3) is 0 Å². The number of aliphatic carboxylic acids is 1. The molecule has 0 aromatic carbocycles. The Hall–Kier alpha value is -2.03. The van der Waals surface area contributed by atoms with E-state index >= 15 is 0 Å². The van der Waals surface area contributed by atoms with Crippen LogP contribution in [0.1, 0.15) is 20.8 Å². The maximum Gasteiger partial charge on any atom is 0.359 e. The minimum absolute atomic E-state index is 0.261. The highest BCUT2D eigenvalue weighted by atomic mass is 16.6. The van der Waals surface area contributed by atoms with Crippen molar-refractivity contribution >= 4 is 12.4 Å². The number of carbonyl (C=O) groups excluding carboxylic acids is 1. The van der Waals surface area contributed by atoms with Crippen molar-refractivity contribution in [2.45, 2.75) is 38.6 Å². The molecule has 0 spiro atoms. The molecule has 1 amide bonds. The lowest BCUT2D eigenvalue weighted by Crippen LogP contribution is -2.59. The lowest BCUT2D eigenvalue weighted by Gasteiger charge is -2.34. The summed E-state index contributed by atoms with van der Waals surface area (Å²) in [4.78, 5) is 23.0. The summed E-state index contributed by atoms with van der Waals surface area (Å²) in [6.45, 7) is 4.72. The van der Waals surface area contributed by atoms with Crippen LogP contribution in [0.5, 0.6) is 0 Å². The van der Waals surface area contributed by atoms with Crippen LogP contribution in [0.3, 0.4) is 0 Å². The molecule has 1 unspecified atom stereocenters. The van der Waals surface area contributed by atoms with Crippen LogP contribution < -0.4 is 5.32 Å². The van der Waals surface area contributed by atoms with Gasteiger partial charge in [0.15, 0.2) is 6.33 Å². The van der Waals surface area contributed by atoms with Crippen LogP contribution >= 0.6 is 0 Å². The molecule has 1 heterocycles. The van der Waals surface area contributed by atoms with Crippen LogP contribution in [0.4, 0.5) is 0 Å². The Balaban J connectivity index is 3.04. The van der Waals surface area contributed by atoms with E-state index in [2.05, 4.69) is 20.7 Å². The first-order valence-electron chi connectivity index (χ1n) is 5.15. The molecule has 0 saturated carbocycles. The molecule has 1 rings (SSSR count). The van der Waals surface area contributed by atoms with E-state index in [1.165, 1.54) is 0 Å². The summed E-state index contributed by atoms with van der Waals surface area (Å²) in [6, 6.07) is 0. The molecule has 1 aromatic heterocycles. The Bertz CT molecular complexity index is 413. The summed E-state index contributed by atoms with van der Waals surface area (Å²) in [6.07, 6.45) is 1.42. The van der Waals surface area contributed by atoms with Gasteiger partial charge in [-0.15, -0.1) is 10.2 Å². The number of hydrogen-bond acceptors (Lipinski definition) is 6. The highest BCUT2D eigenvalue weighted by Gasteiger charge is 2.44. The van der Waals surface area contributed by atoms with Gasteiger partial charge in [-0.3, -0.25) is 4.79 Å². The largest absolute Gasteiger partial charge is 0.478 e.